The van der Waals surface area contributed by atoms with E-state index in [1.165, 1.54) is 5.69 Å². The zero-order valence-corrected chi connectivity index (χ0v) is 18.4. The fraction of sp³-hybridized carbons (Fsp3) is 0.400. The maximum absolute atomic E-state index is 12.0. The summed E-state index contributed by atoms with van der Waals surface area (Å²) in [7, 11) is 0. The van der Waals surface area contributed by atoms with Crippen molar-refractivity contribution in [2.75, 3.05) is 16.8 Å². The number of anilines is 2. The van der Waals surface area contributed by atoms with Crippen LogP contribution in [0.3, 0.4) is 0 Å². The Hall–Kier alpha value is -3.15. The molecule has 1 saturated carbocycles. The SMILES string of the molecule is Cc1nc(-c2cccnc2C(C)C)c2n1CCN(c1ccc(NC(=O)C3CC3)cc1)C2. The van der Waals surface area contributed by atoms with Gasteiger partial charge in [0.15, 0.2) is 0 Å². The van der Waals surface area contributed by atoms with Gasteiger partial charge in [0.1, 0.15) is 5.82 Å². The van der Waals surface area contributed by atoms with Gasteiger partial charge in [-0.2, -0.15) is 0 Å². The van der Waals surface area contributed by atoms with E-state index in [0.29, 0.717) is 5.92 Å². The zero-order chi connectivity index (χ0) is 21.5. The third-order valence-corrected chi connectivity index (χ3v) is 6.29. The van der Waals surface area contributed by atoms with E-state index in [0.717, 1.165) is 66.6 Å². The standard InChI is InChI=1S/C25H29N5O/c1-16(2)23-21(5-4-12-26-23)24-22-15-29(13-14-30(22)17(3)27-24)20-10-8-19(9-11-20)28-25(31)18-6-7-18/h4-5,8-12,16,18H,6-7,13-15H2,1-3H3,(H,28,31). The predicted octanol–water partition coefficient (Wildman–Crippen LogP) is 4.75. The molecule has 5 rings (SSSR count). The Bertz CT molecular complexity index is 1110. The number of aromatic nitrogens is 3. The average molecular weight is 416 g/mol. The number of carbonyl (C=O) groups is 1. The number of nitrogens with one attached hydrogen (secondary N) is 1. The van der Waals surface area contributed by atoms with Crippen LogP contribution in [-0.4, -0.2) is 27.0 Å². The Labute approximate surface area is 183 Å². The van der Waals surface area contributed by atoms with E-state index in [-0.39, 0.29) is 11.8 Å². The van der Waals surface area contributed by atoms with E-state index in [9.17, 15) is 4.79 Å². The largest absolute Gasteiger partial charge is 0.364 e. The van der Waals surface area contributed by atoms with Crippen molar-refractivity contribution in [3.05, 3.63) is 59.8 Å². The Morgan fingerprint density at radius 3 is 2.61 bits per heavy atom. The molecule has 3 aromatic rings. The second-order valence-corrected chi connectivity index (χ2v) is 8.93. The normalized spacial score (nSPS) is 15.8. The molecule has 0 unspecified atom stereocenters. The number of hydrogen-bond acceptors (Lipinski definition) is 4. The highest BCUT2D eigenvalue weighted by molar-refractivity contribution is 5.94. The highest BCUT2D eigenvalue weighted by Crippen LogP contribution is 2.34. The number of amides is 1. The van der Waals surface area contributed by atoms with Crippen molar-refractivity contribution in [3.8, 4) is 11.3 Å². The van der Waals surface area contributed by atoms with Crippen molar-refractivity contribution in [2.24, 2.45) is 5.92 Å². The number of aryl methyl sites for hydroxylation is 1. The smallest absolute Gasteiger partial charge is 0.227 e. The number of fused-ring (bicyclic) bond motifs is 1. The van der Waals surface area contributed by atoms with Crippen LogP contribution in [0.15, 0.2) is 42.6 Å². The molecule has 0 bridgehead atoms. The van der Waals surface area contributed by atoms with Crippen LogP contribution in [0.2, 0.25) is 0 Å². The maximum atomic E-state index is 12.0. The van der Waals surface area contributed by atoms with E-state index >= 15 is 0 Å². The number of hydrogen-bond donors (Lipinski definition) is 1. The Morgan fingerprint density at radius 2 is 1.90 bits per heavy atom. The lowest BCUT2D eigenvalue weighted by Crippen LogP contribution is -2.34. The molecule has 0 saturated heterocycles. The summed E-state index contributed by atoms with van der Waals surface area (Å²) in [6.07, 6.45) is 3.90. The first kappa shape index (κ1) is 19.8. The number of nitrogens with zero attached hydrogens (tertiary/aromatic N) is 4. The molecule has 1 aromatic carbocycles. The maximum Gasteiger partial charge on any atom is 0.227 e. The molecule has 31 heavy (non-hydrogen) atoms. The zero-order valence-electron chi connectivity index (χ0n) is 18.4. The number of benzene rings is 1. The van der Waals surface area contributed by atoms with Gasteiger partial charge in [-0.3, -0.25) is 9.78 Å². The van der Waals surface area contributed by atoms with E-state index in [1.807, 2.05) is 24.4 Å². The molecule has 1 amide bonds. The molecule has 0 spiro atoms. The molecule has 160 valence electrons. The van der Waals surface area contributed by atoms with Crippen LogP contribution >= 0.6 is 0 Å². The minimum atomic E-state index is 0.146. The molecule has 6 nitrogen and oxygen atoms in total. The van der Waals surface area contributed by atoms with Gasteiger partial charge < -0.3 is 14.8 Å². The molecular weight excluding hydrogens is 386 g/mol. The van der Waals surface area contributed by atoms with Crippen LogP contribution in [0, 0.1) is 12.8 Å². The lowest BCUT2D eigenvalue weighted by molar-refractivity contribution is -0.117. The monoisotopic (exact) mass is 415 g/mol. The van der Waals surface area contributed by atoms with Crippen molar-refractivity contribution in [2.45, 2.75) is 52.6 Å². The molecular formula is C25H29N5O. The van der Waals surface area contributed by atoms with Crippen LogP contribution in [0.1, 0.15) is 49.8 Å². The van der Waals surface area contributed by atoms with Gasteiger partial charge in [0.2, 0.25) is 5.91 Å². The lowest BCUT2D eigenvalue weighted by atomic mass is 10.00. The fourth-order valence-electron chi connectivity index (χ4n) is 4.41. The minimum Gasteiger partial charge on any atom is -0.364 e. The van der Waals surface area contributed by atoms with E-state index in [2.05, 4.69) is 58.7 Å². The highest BCUT2D eigenvalue weighted by Gasteiger charge is 2.29. The quantitative estimate of drug-likeness (QED) is 0.653. The first-order chi connectivity index (χ1) is 15.0. The average Bonchev–Trinajstić information content (AvgIpc) is 3.58. The Kier molecular flexibility index (Phi) is 5.00. The van der Waals surface area contributed by atoms with E-state index in [4.69, 9.17) is 4.98 Å². The molecule has 2 aliphatic rings. The summed E-state index contributed by atoms with van der Waals surface area (Å²) in [6, 6.07) is 12.4. The number of carbonyl (C=O) groups excluding carboxylic acids is 1. The summed E-state index contributed by atoms with van der Waals surface area (Å²) in [5, 5.41) is 3.02. The van der Waals surface area contributed by atoms with Crippen LogP contribution < -0.4 is 10.2 Å². The molecule has 0 atom stereocenters. The van der Waals surface area contributed by atoms with Crippen molar-refractivity contribution >= 4 is 17.3 Å². The van der Waals surface area contributed by atoms with Crippen molar-refractivity contribution < 1.29 is 4.79 Å². The second-order valence-electron chi connectivity index (χ2n) is 8.93. The summed E-state index contributed by atoms with van der Waals surface area (Å²) < 4.78 is 2.34. The summed E-state index contributed by atoms with van der Waals surface area (Å²) in [5.74, 6) is 1.76. The minimum absolute atomic E-state index is 0.146. The predicted molar refractivity (Wildman–Crippen MR) is 123 cm³/mol. The van der Waals surface area contributed by atoms with Gasteiger partial charge in [-0.1, -0.05) is 13.8 Å². The lowest BCUT2D eigenvalue weighted by Gasteiger charge is -2.31. The van der Waals surface area contributed by atoms with Gasteiger partial charge in [0.05, 0.1) is 23.6 Å². The molecule has 1 aliphatic carbocycles. The molecule has 0 radical (unpaired) electrons. The molecule has 2 aromatic heterocycles. The van der Waals surface area contributed by atoms with Gasteiger partial charge in [-0.15, -0.1) is 0 Å². The number of rotatable bonds is 5. The van der Waals surface area contributed by atoms with Crippen LogP contribution in [0.4, 0.5) is 11.4 Å². The molecule has 3 heterocycles. The fourth-order valence-corrected chi connectivity index (χ4v) is 4.41. The Morgan fingerprint density at radius 1 is 1.13 bits per heavy atom. The van der Waals surface area contributed by atoms with E-state index in [1.54, 1.807) is 0 Å². The van der Waals surface area contributed by atoms with Gasteiger partial charge in [-0.05, 0) is 62.1 Å². The number of pyridine rings is 1. The molecule has 1 aliphatic heterocycles. The topological polar surface area (TPSA) is 63.1 Å². The first-order valence-electron chi connectivity index (χ1n) is 11.2. The number of imidazole rings is 1. The van der Waals surface area contributed by atoms with Crippen molar-refractivity contribution in [1.82, 2.24) is 14.5 Å². The molecule has 1 fully saturated rings. The highest BCUT2D eigenvalue weighted by atomic mass is 16.2. The molecule has 6 heteroatoms. The third kappa shape index (κ3) is 3.82. The Balaban J connectivity index is 1.41. The summed E-state index contributed by atoms with van der Waals surface area (Å²) in [4.78, 5) is 24.0. The third-order valence-electron chi connectivity index (χ3n) is 6.29. The van der Waals surface area contributed by atoms with Crippen LogP contribution in [-0.2, 0) is 17.9 Å². The van der Waals surface area contributed by atoms with E-state index < -0.39 is 0 Å². The second kappa shape index (κ2) is 7.84. The summed E-state index contributed by atoms with van der Waals surface area (Å²) >= 11 is 0. The van der Waals surface area contributed by atoms with Crippen LogP contribution in [0.5, 0.6) is 0 Å². The summed E-state index contributed by atoms with van der Waals surface area (Å²) in [5.41, 5.74) is 6.55. The summed E-state index contributed by atoms with van der Waals surface area (Å²) in [6.45, 7) is 9.09. The van der Waals surface area contributed by atoms with Gasteiger partial charge in [-0.25, -0.2) is 4.98 Å². The van der Waals surface area contributed by atoms with Crippen LogP contribution in [0.25, 0.3) is 11.3 Å². The van der Waals surface area contributed by atoms with Gasteiger partial charge in [0, 0.05) is 42.1 Å². The van der Waals surface area contributed by atoms with Crippen molar-refractivity contribution in [3.63, 3.8) is 0 Å². The van der Waals surface area contributed by atoms with Gasteiger partial charge >= 0.3 is 0 Å². The molecule has 1 N–H and O–H groups in total. The first-order valence-corrected chi connectivity index (χ1v) is 11.2. The van der Waals surface area contributed by atoms with Gasteiger partial charge in [0.25, 0.3) is 0 Å². The van der Waals surface area contributed by atoms with Crippen molar-refractivity contribution in [1.29, 1.82) is 0 Å².